The van der Waals surface area contributed by atoms with Gasteiger partial charge in [0.25, 0.3) is 5.56 Å². The van der Waals surface area contributed by atoms with Gasteiger partial charge < -0.3 is 5.21 Å². The molecule has 0 bridgehead atoms. The normalized spacial score (nSPS) is 11.8. The zero-order valence-electron chi connectivity index (χ0n) is 13.9. The van der Waals surface area contributed by atoms with Crippen molar-refractivity contribution in [2.45, 2.75) is 52.4 Å². The molecule has 2 N–H and O–H groups in total. The number of aryl methyl sites for hydroxylation is 1. The van der Waals surface area contributed by atoms with Gasteiger partial charge in [0.2, 0.25) is 0 Å². The maximum absolute atomic E-state index is 12.7. The lowest BCUT2D eigenvalue weighted by atomic mass is 10.0. The van der Waals surface area contributed by atoms with E-state index in [1.807, 2.05) is 37.3 Å². The van der Waals surface area contributed by atoms with Gasteiger partial charge in [-0.25, -0.2) is 4.68 Å². The third kappa shape index (κ3) is 4.12. The van der Waals surface area contributed by atoms with Crippen molar-refractivity contribution in [3.05, 3.63) is 51.9 Å². The summed E-state index contributed by atoms with van der Waals surface area (Å²) in [5, 5.41) is 15.8. The van der Waals surface area contributed by atoms with Gasteiger partial charge in [-0.2, -0.15) is 0 Å². The van der Waals surface area contributed by atoms with E-state index >= 15 is 0 Å². The van der Waals surface area contributed by atoms with Crippen LogP contribution in [0.1, 0.15) is 56.7 Å². The molecule has 124 valence electrons. The van der Waals surface area contributed by atoms with Crippen molar-refractivity contribution in [2.24, 2.45) is 5.16 Å². The monoisotopic (exact) mass is 315 g/mol. The van der Waals surface area contributed by atoms with Crippen LogP contribution in [-0.4, -0.2) is 20.7 Å². The first-order valence-corrected chi connectivity index (χ1v) is 8.27. The standard InChI is InChI=1S/C18H25N3O2/c1-3-4-5-6-10-13-16(20-23)17-14(2)19-21(18(17)22)15-11-8-7-9-12-15/h7-9,11-12,19,23H,3-6,10,13H2,1-2H3. The van der Waals surface area contributed by atoms with Crippen LogP contribution in [-0.2, 0) is 0 Å². The van der Waals surface area contributed by atoms with Crippen molar-refractivity contribution in [3.8, 4) is 5.69 Å². The molecule has 1 aromatic heterocycles. The second kappa shape index (κ2) is 8.36. The predicted octanol–water partition coefficient (Wildman–Crippen LogP) is 4.01. The predicted molar refractivity (Wildman–Crippen MR) is 92.8 cm³/mol. The Morgan fingerprint density at radius 1 is 1.17 bits per heavy atom. The summed E-state index contributed by atoms with van der Waals surface area (Å²) in [6.45, 7) is 4.01. The molecule has 23 heavy (non-hydrogen) atoms. The second-order valence-corrected chi connectivity index (χ2v) is 5.80. The lowest BCUT2D eigenvalue weighted by Gasteiger charge is -2.03. The van der Waals surface area contributed by atoms with Crippen molar-refractivity contribution in [2.75, 3.05) is 0 Å². The molecule has 1 heterocycles. The summed E-state index contributed by atoms with van der Waals surface area (Å²) in [4.78, 5) is 12.7. The smallest absolute Gasteiger partial charge is 0.280 e. The number of para-hydroxylation sites is 1. The Morgan fingerprint density at radius 2 is 1.87 bits per heavy atom. The van der Waals surface area contributed by atoms with E-state index in [0.717, 1.165) is 24.2 Å². The van der Waals surface area contributed by atoms with E-state index in [-0.39, 0.29) is 5.56 Å². The fourth-order valence-electron chi connectivity index (χ4n) is 2.77. The van der Waals surface area contributed by atoms with Crippen LogP contribution in [0.3, 0.4) is 0 Å². The highest BCUT2D eigenvalue weighted by atomic mass is 16.4. The van der Waals surface area contributed by atoms with Gasteiger partial charge >= 0.3 is 0 Å². The highest BCUT2D eigenvalue weighted by molar-refractivity contribution is 6.00. The molecule has 0 spiro atoms. The van der Waals surface area contributed by atoms with Crippen molar-refractivity contribution in [1.29, 1.82) is 0 Å². The molecule has 0 fully saturated rings. The van der Waals surface area contributed by atoms with Crippen LogP contribution in [0.4, 0.5) is 0 Å². The van der Waals surface area contributed by atoms with Gasteiger partial charge in [-0.1, -0.05) is 56.0 Å². The van der Waals surface area contributed by atoms with E-state index < -0.39 is 0 Å². The summed E-state index contributed by atoms with van der Waals surface area (Å²) in [7, 11) is 0. The van der Waals surface area contributed by atoms with Crippen LogP contribution in [0.25, 0.3) is 5.69 Å². The average molecular weight is 315 g/mol. The Kier molecular flexibility index (Phi) is 6.20. The van der Waals surface area contributed by atoms with E-state index in [9.17, 15) is 10.0 Å². The molecule has 0 radical (unpaired) electrons. The first-order valence-electron chi connectivity index (χ1n) is 8.27. The number of H-pyrrole nitrogens is 1. The molecule has 5 heteroatoms. The first-order chi connectivity index (χ1) is 11.2. The number of hydrogen-bond donors (Lipinski definition) is 2. The highest BCUT2D eigenvalue weighted by Gasteiger charge is 2.18. The van der Waals surface area contributed by atoms with Gasteiger partial charge in [0.15, 0.2) is 0 Å². The van der Waals surface area contributed by atoms with Crippen LogP contribution < -0.4 is 5.56 Å². The zero-order chi connectivity index (χ0) is 16.7. The lowest BCUT2D eigenvalue weighted by molar-refractivity contribution is 0.317. The van der Waals surface area contributed by atoms with Crippen LogP contribution in [0.5, 0.6) is 0 Å². The Labute approximate surface area is 136 Å². The van der Waals surface area contributed by atoms with Crippen molar-refractivity contribution in [1.82, 2.24) is 9.78 Å². The van der Waals surface area contributed by atoms with Gasteiger partial charge in [0.1, 0.15) is 0 Å². The molecule has 0 aliphatic rings. The van der Waals surface area contributed by atoms with Crippen LogP contribution in [0, 0.1) is 6.92 Å². The number of aromatic nitrogens is 2. The number of unbranched alkanes of at least 4 members (excludes halogenated alkanes) is 4. The fraction of sp³-hybridized carbons (Fsp3) is 0.444. The van der Waals surface area contributed by atoms with E-state index in [1.54, 1.807) is 0 Å². The third-order valence-corrected chi connectivity index (χ3v) is 4.01. The number of benzene rings is 1. The molecule has 0 atom stereocenters. The summed E-state index contributed by atoms with van der Waals surface area (Å²) >= 11 is 0. The van der Waals surface area contributed by atoms with E-state index in [0.29, 0.717) is 17.7 Å². The molecular weight excluding hydrogens is 290 g/mol. The minimum Gasteiger partial charge on any atom is -0.411 e. The largest absolute Gasteiger partial charge is 0.411 e. The molecule has 0 unspecified atom stereocenters. The fourth-order valence-corrected chi connectivity index (χ4v) is 2.77. The Bertz CT molecular complexity index is 699. The van der Waals surface area contributed by atoms with Crippen LogP contribution in [0.15, 0.2) is 40.3 Å². The lowest BCUT2D eigenvalue weighted by Crippen LogP contribution is -2.20. The SMILES string of the molecule is CCCCCCCC(=NO)c1c(C)[nH]n(-c2ccccc2)c1=O. The minimum atomic E-state index is -0.171. The van der Waals surface area contributed by atoms with Gasteiger partial charge in [0.05, 0.1) is 17.0 Å². The molecule has 0 aliphatic carbocycles. The van der Waals surface area contributed by atoms with E-state index in [4.69, 9.17) is 0 Å². The van der Waals surface area contributed by atoms with Crippen molar-refractivity contribution < 1.29 is 5.21 Å². The molecule has 5 nitrogen and oxygen atoms in total. The number of rotatable bonds is 8. The summed E-state index contributed by atoms with van der Waals surface area (Å²) in [5.41, 5.74) is 2.27. The molecule has 0 aliphatic heterocycles. The van der Waals surface area contributed by atoms with Gasteiger partial charge in [-0.05, 0) is 31.9 Å². The zero-order valence-corrected chi connectivity index (χ0v) is 13.9. The van der Waals surface area contributed by atoms with Crippen LogP contribution in [0.2, 0.25) is 0 Å². The number of oxime groups is 1. The number of aromatic amines is 1. The maximum atomic E-state index is 12.7. The number of nitrogens with one attached hydrogen (secondary N) is 1. The van der Waals surface area contributed by atoms with Crippen molar-refractivity contribution >= 4 is 5.71 Å². The average Bonchev–Trinajstić information content (AvgIpc) is 2.87. The molecule has 0 amide bonds. The number of hydrogen-bond acceptors (Lipinski definition) is 3. The van der Waals surface area contributed by atoms with Gasteiger partial charge in [0, 0.05) is 5.69 Å². The summed E-state index contributed by atoms with van der Waals surface area (Å²) in [5.74, 6) is 0. The molecule has 2 rings (SSSR count). The number of nitrogens with zero attached hydrogens (tertiary/aromatic N) is 2. The molecule has 0 saturated heterocycles. The quantitative estimate of drug-likeness (QED) is 0.334. The Balaban J connectivity index is 2.18. The van der Waals surface area contributed by atoms with Crippen molar-refractivity contribution in [3.63, 3.8) is 0 Å². The third-order valence-electron chi connectivity index (χ3n) is 4.01. The van der Waals surface area contributed by atoms with E-state index in [1.165, 1.54) is 23.9 Å². The van der Waals surface area contributed by atoms with E-state index in [2.05, 4.69) is 17.2 Å². The summed E-state index contributed by atoms with van der Waals surface area (Å²) < 4.78 is 1.49. The highest BCUT2D eigenvalue weighted by Crippen LogP contribution is 2.13. The molecule has 2 aromatic rings. The molecule has 0 saturated carbocycles. The van der Waals surface area contributed by atoms with Crippen LogP contribution >= 0.6 is 0 Å². The van der Waals surface area contributed by atoms with Gasteiger partial charge in [-0.15, -0.1) is 0 Å². The Hall–Kier alpha value is -2.30. The molecular formula is C18H25N3O2. The molecule has 1 aromatic carbocycles. The first kappa shape index (κ1) is 17.1. The minimum absolute atomic E-state index is 0.171. The second-order valence-electron chi connectivity index (χ2n) is 5.80. The van der Waals surface area contributed by atoms with Gasteiger partial charge in [-0.3, -0.25) is 9.89 Å². The maximum Gasteiger partial charge on any atom is 0.280 e. The Morgan fingerprint density at radius 3 is 2.52 bits per heavy atom. The topological polar surface area (TPSA) is 70.4 Å². The summed E-state index contributed by atoms with van der Waals surface area (Å²) in [6, 6.07) is 9.39. The summed E-state index contributed by atoms with van der Waals surface area (Å²) in [6.07, 6.45) is 6.21.